The van der Waals surface area contributed by atoms with E-state index in [9.17, 15) is 9.36 Å². The second kappa shape index (κ2) is 8.52. The van der Waals surface area contributed by atoms with Gasteiger partial charge in [-0.05, 0) is 54.5 Å². The van der Waals surface area contributed by atoms with Gasteiger partial charge in [0.2, 0.25) is 0 Å². The fourth-order valence-electron chi connectivity index (χ4n) is 2.34. The number of rotatable bonds is 6. The predicted molar refractivity (Wildman–Crippen MR) is 95.4 cm³/mol. The molecule has 0 aromatic heterocycles. The second-order valence-corrected chi connectivity index (χ2v) is 8.87. The van der Waals surface area contributed by atoms with Crippen LogP contribution in [0.3, 0.4) is 0 Å². The topological polar surface area (TPSA) is 74.3 Å². The van der Waals surface area contributed by atoms with Crippen molar-refractivity contribution >= 4 is 13.7 Å². The van der Waals surface area contributed by atoms with Crippen molar-refractivity contribution in [3.63, 3.8) is 0 Å². The lowest BCUT2D eigenvalue weighted by molar-refractivity contribution is -0.0610. The molecule has 0 aliphatic carbocycles. The summed E-state index contributed by atoms with van der Waals surface area (Å²) in [5, 5.41) is 0. The minimum Gasteiger partial charge on any atom is -0.444 e. The molecule has 0 bridgehead atoms. The number of carbonyl (C=O) groups excluding carboxylic acids is 1. The third-order valence-corrected chi connectivity index (χ3v) is 4.95. The van der Waals surface area contributed by atoms with Crippen molar-refractivity contribution in [3.05, 3.63) is 17.6 Å². The van der Waals surface area contributed by atoms with Gasteiger partial charge in [-0.25, -0.2) is 4.79 Å². The number of hydrogen-bond acceptors (Lipinski definition) is 6. The maximum absolute atomic E-state index is 12.5. The Kier molecular flexibility index (Phi) is 7.48. The summed E-state index contributed by atoms with van der Waals surface area (Å²) in [7, 11) is -3.33. The summed E-state index contributed by atoms with van der Waals surface area (Å²) in [6, 6.07) is -0.391. The van der Waals surface area contributed by atoms with E-state index in [4.69, 9.17) is 18.5 Å². The lowest BCUT2D eigenvalue weighted by Crippen LogP contribution is -2.49. The van der Waals surface area contributed by atoms with Gasteiger partial charge < -0.3 is 18.5 Å². The Morgan fingerprint density at radius 3 is 2.36 bits per heavy atom. The van der Waals surface area contributed by atoms with Crippen LogP contribution in [0.1, 0.15) is 48.5 Å². The van der Waals surface area contributed by atoms with Crippen molar-refractivity contribution in [2.75, 3.05) is 19.8 Å². The first kappa shape index (κ1) is 21.9. The highest BCUT2D eigenvalue weighted by molar-refractivity contribution is 7.57. The van der Waals surface area contributed by atoms with Crippen LogP contribution in [0.25, 0.3) is 0 Å². The minimum absolute atomic E-state index is 0.263. The van der Waals surface area contributed by atoms with E-state index in [2.05, 4.69) is 5.73 Å². The Hall–Kier alpha value is -1.10. The summed E-state index contributed by atoms with van der Waals surface area (Å²) in [5.41, 5.74) is 1.41. The molecule has 1 atom stereocenters. The molecule has 8 heteroatoms. The molecule has 1 amide bonds. The normalized spacial score (nSPS) is 20.1. The van der Waals surface area contributed by atoms with Crippen LogP contribution in [-0.4, -0.2) is 48.2 Å². The van der Waals surface area contributed by atoms with E-state index in [0.717, 1.165) is 0 Å². The number of hydrogen-bond donors (Lipinski definition) is 0. The highest BCUT2D eigenvalue weighted by Gasteiger charge is 2.44. The summed E-state index contributed by atoms with van der Waals surface area (Å²) in [4.78, 5) is 14.0. The molecular weight excluding hydrogens is 345 g/mol. The van der Waals surface area contributed by atoms with Gasteiger partial charge in [0.25, 0.3) is 0 Å². The zero-order valence-electron chi connectivity index (χ0n) is 16.2. The Balaban J connectivity index is 3.00. The average Bonchev–Trinajstić information content (AvgIpc) is 2.72. The van der Waals surface area contributed by atoms with Gasteiger partial charge in [-0.2, -0.15) is 0 Å². The lowest BCUT2D eigenvalue weighted by Gasteiger charge is -2.34. The average molecular weight is 375 g/mol. The molecule has 0 aromatic carbocycles. The Morgan fingerprint density at radius 1 is 1.32 bits per heavy atom. The quantitative estimate of drug-likeness (QED) is 0.509. The largest absolute Gasteiger partial charge is 0.444 e. The van der Waals surface area contributed by atoms with E-state index in [1.165, 1.54) is 10.7 Å². The third kappa shape index (κ3) is 6.61. The van der Waals surface area contributed by atoms with Gasteiger partial charge >= 0.3 is 13.7 Å². The second-order valence-electron chi connectivity index (χ2n) is 7.01. The van der Waals surface area contributed by atoms with Crippen molar-refractivity contribution in [3.8, 4) is 0 Å². The van der Waals surface area contributed by atoms with Gasteiger partial charge in [0, 0.05) is 0 Å². The van der Waals surface area contributed by atoms with Crippen molar-refractivity contribution in [2.45, 2.75) is 65.8 Å². The van der Waals surface area contributed by atoms with Gasteiger partial charge in [0.15, 0.2) is 0 Å². The van der Waals surface area contributed by atoms with Crippen LogP contribution in [0.5, 0.6) is 0 Å². The van der Waals surface area contributed by atoms with Crippen LogP contribution in [0.15, 0.2) is 17.6 Å². The van der Waals surface area contributed by atoms with E-state index in [1.54, 1.807) is 54.5 Å². The SMILES string of the molecule is CCOP(=O)(C=C=C[C@@H]1COC(C)(C)N1C(=O)OC(C)(C)C)OCC. The Labute approximate surface area is 150 Å². The molecule has 0 saturated carbocycles. The maximum atomic E-state index is 12.5. The standard InChI is InChI=1S/C17H30NO6P/c1-8-22-25(20,23-9-2)12-10-11-14-13-21-17(6,7)18(14)15(19)24-16(3,4)5/h11-12,14H,8-9,13H2,1-7H3/t10?,14-/m1/s1. The van der Waals surface area contributed by atoms with E-state index in [1.807, 2.05) is 0 Å². The molecule has 7 nitrogen and oxygen atoms in total. The number of nitrogens with zero attached hydrogens (tertiary/aromatic N) is 1. The van der Waals surface area contributed by atoms with Crippen LogP contribution in [0.2, 0.25) is 0 Å². The molecule has 0 aromatic rings. The molecule has 0 radical (unpaired) electrons. The molecule has 1 fully saturated rings. The van der Waals surface area contributed by atoms with Crippen LogP contribution < -0.4 is 0 Å². The van der Waals surface area contributed by atoms with E-state index < -0.39 is 31.1 Å². The molecule has 0 spiro atoms. The van der Waals surface area contributed by atoms with Crippen LogP contribution in [0, 0.1) is 0 Å². The summed E-state index contributed by atoms with van der Waals surface area (Å²) in [6.45, 7) is 13.3. The van der Waals surface area contributed by atoms with Gasteiger partial charge in [-0.15, -0.1) is 5.73 Å². The number of amides is 1. The first-order chi connectivity index (χ1) is 11.4. The minimum atomic E-state index is -3.33. The number of carbonyl (C=O) groups is 1. The van der Waals surface area contributed by atoms with E-state index >= 15 is 0 Å². The first-order valence-corrected chi connectivity index (χ1v) is 10.0. The van der Waals surface area contributed by atoms with Gasteiger partial charge in [-0.1, -0.05) is 0 Å². The van der Waals surface area contributed by atoms with Crippen molar-refractivity contribution in [1.82, 2.24) is 4.90 Å². The van der Waals surface area contributed by atoms with Gasteiger partial charge in [0.05, 0.1) is 31.7 Å². The first-order valence-electron chi connectivity index (χ1n) is 8.43. The predicted octanol–water partition coefficient (Wildman–Crippen LogP) is 4.29. The van der Waals surface area contributed by atoms with Crippen molar-refractivity contribution < 1.29 is 27.9 Å². The molecule has 1 aliphatic rings. The molecule has 0 unspecified atom stereocenters. The molecule has 144 valence electrons. The highest BCUT2D eigenvalue weighted by atomic mass is 31.2. The Bertz CT molecular complexity index is 564. The fourth-order valence-corrected chi connectivity index (χ4v) is 3.55. The van der Waals surface area contributed by atoms with Crippen molar-refractivity contribution in [2.24, 2.45) is 0 Å². The number of ether oxygens (including phenoxy) is 2. The van der Waals surface area contributed by atoms with Crippen LogP contribution >= 0.6 is 7.60 Å². The summed E-state index contributed by atoms with van der Waals surface area (Å²) >= 11 is 0. The molecule has 1 saturated heterocycles. The zero-order valence-corrected chi connectivity index (χ0v) is 17.1. The molecule has 1 heterocycles. The summed E-state index contributed by atoms with van der Waals surface area (Å²) in [6.07, 6.45) is 1.14. The monoisotopic (exact) mass is 375 g/mol. The molecule has 0 N–H and O–H groups in total. The summed E-state index contributed by atoms with van der Waals surface area (Å²) in [5.74, 6) is 1.28. The molecule has 1 aliphatic heterocycles. The summed E-state index contributed by atoms with van der Waals surface area (Å²) < 4.78 is 33.9. The van der Waals surface area contributed by atoms with Crippen LogP contribution in [-0.2, 0) is 23.1 Å². The van der Waals surface area contributed by atoms with E-state index in [0.29, 0.717) is 6.61 Å². The van der Waals surface area contributed by atoms with Gasteiger partial charge in [0.1, 0.15) is 11.3 Å². The zero-order chi connectivity index (χ0) is 19.3. The maximum Gasteiger partial charge on any atom is 0.413 e. The lowest BCUT2D eigenvalue weighted by atomic mass is 10.2. The smallest absolute Gasteiger partial charge is 0.413 e. The fraction of sp³-hybridized carbons (Fsp3) is 0.765. The van der Waals surface area contributed by atoms with Gasteiger partial charge in [-0.3, -0.25) is 9.46 Å². The van der Waals surface area contributed by atoms with Crippen molar-refractivity contribution in [1.29, 1.82) is 0 Å². The molecule has 25 heavy (non-hydrogen) atoms. The molecular formula is C17H30NO6P. The Morgan fingerprint density at radius 2 is 1.88 bits per heavy atom. The highest BCUT2D eigenvalue weighted by Crippen LogP contribution is 2.49. The van der Waals surface area contributed by atoms with Crippen LogP contribution in [0.4, 0.5) is 4.79 Å². The third-order valence-electron chi connectivity index (χ3n) is 3.25. The van der Waals surface area contributed by atoms with E-state index in [-0.39, 0.29) is 13.2 Å². The molecule has 1 rings (SSSR count).